The lowest BCUT2D eigenvalue weighted by atomic mass is 9.84. The number of aromatic nitrogens is 2. The van der Waals surface area contributed by atoms with Gasteiger partial charge < -0.3 is 18.6 Å². The molecule has 4 aromatic heterocycles. The molecule has 2 aliphatic carbocycles. The summed E-state index contributed by atoms with van der Waals surface area (Å²) in [7, 11) is 0. The van der Waals surface area contributed by atoms with E-state index in [1.807, 2.05) is 0 Å². The van der Waals surface area contributed by atoms with Crippen LogP contribution in [0.4, 0.5) is 34.1 Å². The Kier molecular flexibility index (Phi) is 10.0. The zero-order valence-corrected chi connectivity index (χ0v) is 40.6. The maximum absolute atomic E-state index is 4.90. The minimum absolute atomic E-state index is 0.657. The number of anilines is 6. The number of benzene rings is 8. The van der Waals surface area contributed by atoms with Crippen molar-refractivity contribution in [1.29, 1.82) is 0 Å². The molecule has 4 nitrogen and oxygen atoms in total. The van der Waals surface area contributed by atoms with Crippen LogP contribution in [0.2, 0.25) is 0 Å². The first kappa shape index (κ1) is 42.1. The largest absolute Gasteiger partial charge is 0.312 e. The van der Waals surface area contributed by atoms with E-state index < -0.39 is 0 Å². The van der Waals surface area contributed by atoms with Crippen LogP contribution < -0.4 is 20.4 Å². The molecule has 4 heteroatoms. The summed E-state index contributed by atoms with van der Waals surface area (Å²) in [6.45, 7) is 7.21. The number of para-hydroxylation sites is 4. The average molecular weight is 919 g/mol. The van der Waals surface area contributed by atoms with Gasteiger partial charge in [0.15, 0.2) is 0 Å². The summed E-state index contributed by atoms with van der Waals surface area (Å²) in [6.07, 6.45) is 15.7. The predicted octanol–water partition coefficient (Wildman–Crippen LogP) is 17.3. The van der Waals surface area contributed by atoms with E-state index in [0.29, 0.717) is 11.8 Å². The Morgan fingerprint density at radius 3 is 1.35 bits per heavy atom. The van der Waals surface area contributed by atoms with E-state index >= 15 is 0 Å². The molecular weight excluding hydrogens is 861 g/mol. The first-order chi connectivity index (χ1) is 35.1. The molecule has 0 saturated heterocycles. The van der Waals surface area contributed by atoms with Gasteiger partial charge in [-0.05, 0) is 134 Å². The molecule has 2 aliphatic rings. The fourth-order valence-electron chi connectivity index (χ4n) is 13.3. The molecule has 2 saturated carbocycles. The highest BCUT2D eigenvalue weighted by atomic mass is 15.2. The first-order valence-corrected chi connectivity index (χ1v) is 26.3. The Morgan fingerprint density at radius 1 is 0.423 bits per heavy atom. The molecule has 14 rings (SSSR count). The lowest BCUT2D eigenvalue weighted by Crippen LogP contribution is -2.24. The van der Waals surface area contributed by atoms with E-state index in [4.69, 9.17) is 6.58 Å². The minimum Gasteiger partial charge on any atom is -0.312 e. The number of nitrogens with zero attached hydrogens (tertiary/aromatic N) is 4. The third-order valence-electron chi connectivity index (χ3n) is 16.7. The molecule has 0 bridgehead atoms. The predicted molar refractivity (Wildman–Crippen MR) is 301 cm³/mol. The Hall–Kier alpha value is -7.82. The third-order valence-corrected chi connectivity index (χ3v) is 16.7. The van der Waals surface area contributed by atoms with E-state index in [2.05, 4.69) is 214 Å². The van der Waals surface area contributed by atoms with Crippen molar-refractivity contribution in [3.05, 3.63) is 215 Å². The van der Waals surface area contributed by atoms with E-state index in [0.717, 1.165) is 21.9 Å². The zero-order valence-electron chi connectivity index (χ0n) is 40.6. The van der Waals surface area contributed by atoms with E-state index in [-0.39, 0.29) is 0 Å². The normalized spacial score (nSPS) is 15.4. The van der Waals surface area contributed by atoms with Crippen molar-refractivity contribution in [2.45, 2.75) is 83.0 Å². The second kappa shape index (κ2) is 16.9. The molecule has 346 valence electrons. The number of rotatable bonds is 9. The van der Waals surface area contributed by atoms with Crippen molar-refractivity contribution in [2.75, 3.05) is 9.80 Å². The quantitative estimate of drug-likeness (QED) is 0.143. The van der Waals surface area contributed by atoms with Crippen molar-refractivity contribution < 1.29 is 0 Å². The van der Waals surface area contributed by atoms with Crippen molar-refractivity contribution in [3.63, 3.8) is 0 Å². The minimum atomic E-state index is 0.657. The van der Waals surface area contributed by atoms with Crippen LogP contribution in [0.25, 0.3) is 67.0 Å². The Morgan fingerprint density at radius 2 is 0.845 bits per heavy atom. The highest BCUT2D eigenvalue weighted by Crippen LogP contribution is 2.48. The second-order valence-electron chi connectivity index (χ2n) is 20.6. The monoisotopic (exact) mass is 918 g/mol. The van der Waals surface area contributed by atoms with Crippen LogP contribution in [-0.4, -0.2) is 8.80 Å². The highest BCUT2D eigenvalue weighted by Gasteiger charge is 2.27. The first-order valence-electron chi connectivity index (χ1n) is 26.3. The fraction of sp³-hybridized carbons (Fsp3) is 0.194. The molecule has 0 spiro atoms. The van der Waals surface area contributed by atoms with E-state index in [1.165, 1.54) is 164 Å². The van der Waals surface area contributed by atoms with Crippen LogP contribution in [0.1, 0.15) is 98.4 Å². The lowest BCUT2D eigenvalue weighted by molar-refractivity contribution is 0.443. The Labute approximate surface area is 415 Å². The van der Waals surface area contributed by atoms with Gasteiger partial charge in [-0.1, -0.05) is 154 Å². The number of hydrogen-bond donors (Lipinski definition) is 0. The fourth-order valence-corrected chi connectivity index (χ4v) is 13.3. The van der Waals surface area contributed by atoms with E-state index in [9.17, 15) is 0 Å². The molecule has 2 fully saturated rings. The molecule has 0 atom stereocenters. The molecule has 0 amide bonds. The molecular formula is C67H58N4. The van der Waals surface area contributed by atoms with Crippen LogP contribution in [0.15, 0.2) is 182 Å². The van der Waals surface area contributed by atoms with Gasteiger partial charge in [-0.3, -0.25) is 0 Å². The highest BCUT2D eigenvalue weighted by molar-refractivity contribution is 6.23. The zero-order chi connectivity index (χ0) is 47.2. The molecule has 8 aromatic carbocycles. The lowest BCUT2D eigenvalue weighted by Gasteiger charge is -2.28. The molecule has 0 N–H and O–H groups in total. The molecule has 71 heavy (non-hydrogen) atoms. The summed E-state index contributed by atoms with van der Waals surface area (Å²) in [5.41, 5.74) is 17.3. The van der Waals surface area contributed by atoms with Crippen LogP contribution in [-0.2, 0) is 0 Å². The standard InChI is InChI=1S/C67H58N4/c1-44-54-39-41-61(69(50-23-11-5-12-24-50)52-35-31-48(32-36-52)46-19-7-3-8-20-46)64-57-28-16-18-30-60(57)71(66(54)64)63(44)43-58-45(2)68-59-29-17-15-27-56(59)65-62(42-40-55(58)67(65)68)70(51-25-13-6-14-26-51)53-37-33-49(34-38-53)47-21-9-4-10-22-47/h5-6,11-18,23-43,46-47H,1,3-4,7-10,19-22H2,2H3/b63-43+. The van der Waals surface area contributed by atoms with Gasteiger partial charge in [0.05, 0.1) is 38.8 Å². The molecule has 12 aromatic rings. The van der Waals surface area contributed by atoms with Gasteiger partial charge >= 0.3 is 0 Å². The van der Waals surface area contributed by atoms with Gasteiger partial charge in [-0.25, -0.2) is 0 Å². The molecule has 0 aliphatic heterocycles. The summed E-state index contributed by atoms with van der Waals surface area (Å²) in [5.74, 6) is 1.32. The molecule has 0 radical (unpaired) electrons. The number of fused-ring (bicyclic) bond motifs is 6. The van der Waals surface area contributed by atoms with Gasteiger partial charge in [0.25, 0.3) is 0 Å². The summed E-state index contributed by atoms with van der Waals surface area (Å²) in [6, 6.07) is 68.2. The average Bonchev–Trinajstić information content (AvgIpc) is 4.15. The summed E-state index contributed by atoms with van der Waals surface area (Å²) in [5, 5.41) is 9.62. The van der Waals surface area contributed by atoms with Gasteiger partial charge in [0.2, 0.25) is 0 Å². The topological polar surface area (TPSA) is 15.3 Å². The number of aryl methyl sites for hydroxylation is 1. The van der Waals surface area contributed by atoms with Crippen molar-refractivity contribution in [1.82, 2.24) is 8.80 Å². The van der Waals surface area contributed by atoms with Crippen LogP contribution in [0.5, 0.6) is 0 Å². The Bertz CT molecular complexity index is 4020. The molecule has 4 heterocycles. The van der Waals surface area contributed by atoms with Crippen molar-refractivity contribution in [2.24, 2.45) is 0 Å². The SMILES string of the molecule is C=c1/c(=C\c2c(C)n3c4ccccc4c4c(N(c5ccccc5)c5ccc(C6CCCCC6)cc5)ccc2c43)n2c3ccccc3c3c(N(c4ccccc4)c4ccc(C5CCCCC5)cc4)ccc1c32. The van der Waals surface area contributed by atoms with Crippen LogP contribution in [0.3, 0.4) is 0 Å². The number of hydrogen-bond acceptors (Lipinski definition) is 2. The maximum Gasteiger partial charge on any atom is 0.0641 e. The van der Waals surface area contributed by atoms with Gasteiger partial charge in [0.1, 0.15) is 0 Å². The summed E-state index contributed by atoms with van der Waals surface area (Å²) < 4.78 is 5.03. The molecule has 0 unspecified atom stereocenters. The van der Waals surface area contributed by atoms with Crippen molar-refractivity contribution in [3.8, 4) is 0 Å². The maximum atomic E-state index is 4.90. The summed E-state index contributed by atoms with van der Waals surface area (Å²) >= 11 is 0. The summed E-state index contributed by atoms with van der Waals surface area (Å²) in [4.78, 5) is 4.95. The van der Waals surface area contributed by atoms with Crippen molar-refractivity contribution >= 4 is 101 Å². The van der Waals surface area contributed by atoms with Crippen LogP contribution >= 0.6 is 0 Å². The van der Waals surface area contributed by atoms with E-state index in [1.54, 1.807) is 0 Å². The van der Waals surface area contributed by atoms with Gasteiger partial charge in [0, 0.05) is 71.5 Å². The van der Waals surface area contributed by atoms with Gasteiger partial charge in [-0.15, -0.1) is 0 Å². The van der Waals surface area contributed by atoms with Gasteiger partial charge in [-0.2, -0.15) is 0 Å². The second-order valence-corrected chi connectivity index (χ2v) is 20.6. The van der Waals surface area contributed by atoms with Crippen LogP contribution in [0, 0.1) is 6.92 Å². The Balaban J connectivity index is 0.970. The third kappa shape index (κ3) is 6.64. The smallest absolute Gasteiger partial charge is 0.0641 e.